The second kappa shape index (κ2) is 4.55. The van der Waals surface area contributed by atoms with E-state index >= 15 is 0 Å². The van der Waals surface area contributed by atoms with Crippen LogP contribution in [-0.4, -0.2) is 11.1 Å². The minimum Gasteiger partial charge on any atom is -0.478 e. The minimum atomic E-state index is -0.966. The molecule has 0 spiro atoms. The van der Waals surface area contributed by atoms with Crippen molar-refractivity contribution in [1.82, 2.24) is 0 Å². The average molecular weight is 317 g/mol. The summed E-state index contributed by atoms with van der Waals surface area (Å²) < 4.78 is 6.70. The lowest BCUT2D eigenvalue weighted by molar-refractivity contribution is -0.130. The molecule has 2 aromatic rings. The molecule has 0 unspecified atom stereocenters. The fourth-order valence-corrected chi connectivity index (χ4v) is 2.36. The van der Waals surface area contributed by atoms with Crippen LogP contribution in [0.15, 0.2) is 46.9 Å². The number of fused-ring (bicyclic) bond motifs is 2. The fraction of sp³-hybridized carbons (Fsp3) is 0. The van der Waals surface area contributed by atoms with Crippen molar-refractivity contribution in [2.24, 2.45) is 0 Å². The van der Waals surface area contributed by atoms with Gasteiger partial charge in [0.1, 0.15) is 11.5 Å². The van der Waals surface area contributed by atoms with Gasteiger partial charge in [-0.15, -0.1) is 0 Å². The Morgan fingerprint density at radius 1 is 1.11 bits per heavy atom. The minimum absolute atomic E-state index is 0.233. The monoisotopic (exact) mass is 316 g/mol. The molecule has 0 bridgehead atoms. The molecular formula is C15H9BrO3. The Labute approximate surface area is 118 Å². The van der Waals surface area contributed by atoms with Gasteiger partial charge in [0.15, 0.2) is 0 Å². The zero-order chi connectivity index (χ0) is 13.4. The molecule has 19 heavy (non-hydrogen) atoms. The molecule has 0 aliphatic carbocycles. The van der Waals surface area contributed by atoms with Crippen molar-refractivity contribution in [3.8, 4) is 11.5 Å². The molecule has 0 saturated heterocycles. The number of hydrogen-bond acceptors (Lipinski definition) is 2. The van der Waals surface area contributed by atoms with Gasteiger partial charge in [-0.25, -0.2) is 4.79 Å². The lowest BCUT2D eigenvalue weighted by Gasteiger charge is -2.09. The van der Waals surface area contributed by atoms with Gasteiger partial charge >= 0.3 is 5.97 Å². The Morgan fingerprint density at radius 2 is 1.89 bits per heavy atom. The second-order valence-corrected chi connectivity index (χ2v) is 5.06. The highest BCUT2D eigenvalue weighted by Gasteiger charge is 2.20. The topological polar surface area (TPSA) is 46.5 Å². The lowest BCUT2D eigenvalue weighted by atomic mass is 10.0. The van der Waals surface area contributed by atoms with E-state index in [0.717, 1.165) is 10.0 Å². The summed E-state index contributed by atoms with van der Waals surface area (Å²) >= 11 is 3.38. The van der Waals surface area contributed by atoms with Crippen molar-refractivity contribution >= 4 is 33.5 Å². The number of halogens is 1. The van der Waals surface area contributed by atoms with Crippen LogP contribution in [0.25, 0.3) is 11.6 Å². The first-order valence-corrected chi connectivity index (χ1v) is 6.46. The van der Waals surface area contributed by atoms with Crippen molar-refractivity contribution < 1.29 is 14.6 Å². The highest BCUT2D eigenvalue weighted by Crippen LogP contribution is 2.38. The highest BCUT2D eigenvalue weighted by molar-refractivity contribution is 9.10. The molecule has 1 aliphatic heterocycles. The zero-order valence-corrected chi connectivity index (χ0v) is 11.3. The van der Waals surface area contributed by atoms with Crippen molar-refractivity contribution in [2.45, 2.75) is 0 Å². The summed E-state index contributed by atoms with van der Waals surface area (Å²) in [5.74, 6) is 0.220. The van der Waals surface area contributed by atoms with Crippen molar-refractivity contribution in [1.29, 1.82) is 0 Å². The zero-order valence-electron chi connectivity index (χ0n) is 9.76. The van der Waals surface area contributed by atoms with E-state index in [1.54, 1.807) is 24.3 Å². The highest BCUT2D eigenvalue weighted by atomic mass is 79.9. The predicted octanol–water partition coefficient (Wildman–Crippen LogP) is 4.18. The standard InChI is InChI=1S/C15H9BrO3/c16-10-6-5-9-7-12(15(17)18)11-3-1-2-4-13(11)19-14(9)8-10/h1-8H,(H,17,18). The van der Waals surface area contributed by atoms with Gasteiger partial charge < -0.3 is 9.84 Å². The van der Waals surface area contributed by atoms with Crippen LogP contribution >= 0.6 is 15.9 Å². The number of carboxylic acid groups (broad SMARTS) is 1. The van der Waals surface area contributed by atoms with E-state index in [0.29, 0.717) is 17.1 Å². The third-order valence-electron chi connectivity index (χ3n) is 2.90. The maximum atomic E-state index is 11.4. The van der Waals surface area contributed by atoms with E-state index < -0.39 is 5.97 Å². The van der Waals surface area contributed by atoms with Gasteiger partial charge in [-0.3, -0.25) is 0 Å². The van der Waals surface area contributed by atoms with E-state index in [1.807, 2.05) is 24.3 Å². The molecule has 0 fully saturated rings. The molecule has 94 valence electrons. The van der Waals surface area contributed by atoms with Crippen molar-refractivity contribution in [3.05, 3.63) is 58.1 Å². The smallest absolute Gasteiger partial charge is 0.336 e. The molecule has 0 atom stereocenters. The molecule has 0 amide bonds. The number of para-hydroxylation sites is 1. The predicted molar refractivity (Wildman–Crippen MR) is 76.2 cm³/mol. The first-order valence-electron chi connectivity index (χ1n) is 5.67. The molecule has 3 nitrogen and oxygen atoms in total. The molecule has 4 heteroatoms. The summed E-state index contributed by atoms with van der Waals surface area (Å²) in [6.45, 7) is 0. The number of aliphatic carboxylic acids is 1. The van der Waals surface area contributed by atoms with E-state index in [-0.39, 0.29) is 5.57 Å². The maximum absolute atomic E-state index is 11.4. The number of ether oxygens (including phenoxy) is 1. The molecule has 1 N–H and O–H groups in total. The van der Waals surface area contributed by atoms with Gasteiger partial charge in [-0.2, -0.15) is 0 Å². The SMILES string of the molecule is O=C(O)C1=Cc2ccc(Br)cc2Oc2ccccc21. The van der Waals surface area contributed by atoms with E-state index in [4.69, 9.17) is 4.74 Å². The van der Waals surface area contributed by atoms with Crippen LogP contribution < -0.4 is 4.74 Å². The van der Waals surface area contributed by atoms with Gasteiger partial charge in [0.25, 0.3) is 0 Å². The number of rotatable bonds is 1. The van der Waals surface area contributed by atoms with Gasteiger partial charge in [-0.1, -0.05) is 40.2 Å². The Kier molecular flexibility index (Phi) is 2.87. The third kappa shape index (κ3) is 2.15. The molecule has 3 rings (SSSR count). The first kappa shape index (κ1) is 12.0. The number of carbonyl (C=O) groups is 1. The summed E-state index contributed by atoms with van der Waals surface area (Å²) in [7, 11) is 0. The Morgan fingerprint density at radius 3 is 2.68 bits per heavy atom. The third-order valence-corrected chi connectivity index (χ3v) is 3.40. The summed E-state index contributed by atoms with van der Waals surface area (Å²) in [6.07, 6.45) is 1.63. The second-order valence-electron chi connectivity index (χ2n) is 4.14. The van der Waals surface area contributed by atoms with Crippen LogP contribution in [0, 0.1) is 0 Å². The Bertz CT molecular complexity index is 704. The summed E-state index contributed by atoms with van der Waals surface area (Å²) in [6, 6.07) is 12.6. The quantitative estimate of drug-likeness (QED) is 0.858. The Balaban J connectivity index is 2.28. The average Bonchev–Trinajstić information content (AvgIpc) is 2.54. The molecule has 0 radical (unpaired) electrons. The maximum Gasteiger partial charge on any atom is 0.336 e. The van der Waals surface area contributed by atoms with E-state index in [9.17, 15) is 9.90 Å². The van der Waals surface area contributed by atoms with Crippen LogP contribution in [0.1, 0.15) is 11.1 Å². The molecule has 1 aliphatic rings. The van der Waals surface area contributed by atoms with Crippen LogP contribution in [0.3, 0.4) is 0 Å². The van der Waals surface area contributed by atoms with Gasteiger partial charge in [0.2, 0.25) is 0 Å². The molecule has 0 aromatic heterocycles. The van der Waals surface area contributed by atoms with Crippen molar-refractivity contribution in [2.75, 3.05) is 0 Å². The van der Waals surface area contributed by atoms with Crippen LogP contribution in [-0.2, 0) is 4.79 Å². The summed E-state index contributed by atoms with van der Waals surface area (Å²) in [4.78, 5) is 11.4. The van der Waals surface area contributed by atoms with Gasteiger partial charge in [-0.05, 0) is 24.3 Å². The molecule has 2 aromatic carbocycles. The molecular weight excluding hydrogens is 308 g/mol. The number of hydrogen-bond donors (Lipinski definition) is 1. The lowest BCUT2D eigenvalue weighted by Crippen LogP contribution is -1.99. The fourth-order valence-electron chi connectivity index (χ4n) is 2.02. The summed E-state index contributed by atoms with van der Waals surface area (Å²) in [5.41, 5.74) is 1.57. The molecule has 0 saturated carbocycles. The normalized spacial score (nSPS) is 12.6. The van der Waals surface area contributed by atoms with E-state index in [2.05, 4.69) is 15.9 Å². The first-order chi connectivity index (χ1) is 9.15. The van der Waals surface area contributed by atoms with Crippen LogP contribution in [0.5, 0.6) is 11.5 Å². The van der Waals surface area contributed by atoms with E-state index in [1.165, 1.54) is 0 Å². The van der Waals surface area contributed by atoms with Gasteiger partial charge in [0, 0.05) is 15.6 Å². The number of benzene rings is 2. The van der Waals surface area contributed by atoms with Gasteiger partial charge in [0.05, 0.1) is 5.57 Å². The Hall–Kier alpha value is -2.07. The number of carboxylic acids is 1. The van der Waals surface area contributed by atoms with Crippen molar-refractivity contribution in [3.63, 3.8) is 0 Å². The summed E-state index contributed by atoms with van der Waals surface area (Å²) in [5, 5.41) is 9.36. The molecule has 1 heterocycles. The van der Waals surface area contributed by atoms with Crippen LogP contribution in [0.4, 0.5) is 0 Å². The largest absolute Gasteiger partial charge is 0.478 e. The van der Waals surface area contributed by atoms with Crippen LogP contribution in [0.2, 0.25) is 0 Å².